The summed E-state index contributed by atoms with van der Waals surface area (Å²) in [4.78, 5) is 5.09. The van der Waals surface area contributed by atoms with E-state index in [1.54, 1.807) is 6.08 Å². The maximum atomic E-state index is 5.09. The Morgan fingerprint density at radius 3 is 1.98 bits per heavy atom. The Hall–Kier alpha value is -5.73. The van der Waals surface area contributed by atoms with E-state index in [-0.39, 0.29) is 5.92 Å². The summed E-state index contributed by atoms with van der Waals surface area (Å²) >= 11 is 0. The molecule has 6 aromatic rings. The average Bonchev–Trinajstić information content (AvgIpc) is 3.54. The van der Waals surface area contributed by atoms with E-state index in [1.807, 2.05) is 64.1 Å². The molecule has 0 radical (unpaired) electrons. The van der Waals surface area contributed by atoms with Gasteiger partial charge in [-0.05, 0) is 93.1 Å². The molecule has 0 aliphatic rings. The zero-order valence-corrected chi connectivity index (χ0v) is 33.9. The molecule has 1 unspecified atom stereocenters. The minimum Gasteiger partial charge on any atom is -0.314 e. The molecular weight excluding hydrogens is 653 g/mol. The number of hydrogen-bond acceptors (Lipinski definition) is 1. The maximum absolute atomic E-state index is 5.09. The summed E-state index contributed by atoms with van der Waals surface area (Å²) in [7, 11) is 0. The number of hydrogen-bond donors (Lipinski definition) is 0. The first-order valence-corrected chi connectivity index (χ1v) is 19.2. The van der Waals surface area contributed by atoms with E-state index in [1.165, 1.54) is 38.9 Å². The molecule has 2 heteroatoms. The van der Waals surface area contributed by atoms with Crippen LogP contribution in [-0.4, -0.2) is 9.55 Å². The lowest BCUT2D eigenvalue weighted by atomic mass is 9.93. The predicted molar refractivity (Wildman–Crippen MR) is 240 cm³/mol. The molecule has 0 amide bonds. The van der Waals surface area contributed by atoms with Crippen molar-refractivity contribution in [2.75, 3.05) is 0 Å². The summed E-state index contributed by atoms with van der Waals surface area (Å²) in [5.41, 5.74) is 13.0. The SMILES string of the molecule is C=C/C=C(C)\C=C/C.C=CCC(C=C)c1cc(-c2ccccc2)nc(-c2cccc(-n3c(C)cc4ccccc43)c2)c1.CC.Cc1ccccc1C(C)C. The molecule has 4 aromatic carbocycles. The van der Waals surface area contributed by atoms with E-state index >= 15 is 0 Å². The van der Waals surface area contributed by atoms with Crippen LogP contribution in [0.2, 0.25) is 0 Å². The van der Waals surface area contributed by atoms with Gasteiger partial charge in [0.2, 0.25) is 0 Å². The fourth-order valence-electron chi connectivity index (χ4n) is 6.40. The number of benzene rings is 4. The van der Waals surface area contributed by atoms with Crippen molar-refractivity contribution in [3.8, 4) is 28.2 Å². The largest absolute Gasteiger partial charge is 0.314 e. The van der Waals surface area contributed by atoms with Crippen molar-refractivity contribution < 1.29 is 0 Å². The van der Waals surface area contributed by atoms with Crippen molar-refractivity contribution in [2.24, 2.45) is 0 Å². The number of aryl methyl sites for hydroxylation is 2. The van der Waals surface area contributed by atoms with E-state index in [9.17, 15) is 0 Å². The summed E-state index contributed by atoms with van der Waals surface area (Å²) in [6, 6.07) is 42.7. The van der Waals surface area contributed by atoms with E-state index in [0.29, 0.717) is 5.92 Å². The van der Waals surface area contributed by atoms with Gasteiger partial charge in [-0.1, -0.05) is 161 Å². The monoisotopic (exact) mass is 712 g/mol. The smallest absolute Gasteiger partial charge is 0.0713 e. The zero-order chi connectivity index (χ0) is 39.5. The molecule has 0 aliphatic heterocycles. The number of para-hydroxylation sites is 1. The Morgan fingerprint density at radius 1 is 0.741 bits per heavy atom. The van der Waals surface area contributed by atoms with Crippen molar-refractivity contribution in [1.82, 2.24) is 9.55 Å². The van der Waals surface area contributed by atoms with Crippen molar-refractivity contribution in [2.45, 2.75) is 73.6 Å². The van der Waals surface area contributed by atoms with Gasteiger partial charge in [-0.25, -0.2) is 4.98 Å². The quantitative estimate of drug-likeness (QED) is 0.102. The first-order valence-electron chi connectivity index (χ1n) is 19.2. The second kappa shape index (κ2) is 22.4. The third-order valence-corrected chi connectivity index (χ3v) is 8.97. The Morgan fingerprint density at radius 2 is 1.37 bits per heavy atom. The second-order valence-electron chi connectivity index (χ2n) is 13.3. The molecule has 0 saturated heterocycles. The number of aromatic nitrogens is 2. The highest BCUT2D eigenvalue weighted by atomic mass is 15.0. The topological polar surface area (TPSA) is 17.8 Å². The number of fused-ring (bicyclic) bond motifs is 1. The third-order valence-electron chi connectivity index (χ3n) is 8.97. The van der Waals surface area contributed by atoms with Crippen molar-refractivity contribution in [1.29, 1.82) is 0 Å². The number of rotatable bonds is 10. The molecule has 0 spiro atoms. The minimum atomic E-state index is 0.195. The molecule has 1 atom stereocenters. The van der Waals surface area contributed by atoms with Crippen LogP contribution in [0.4, 0.5) is 0 Å². The lowest BCUT2D eigenvalue weighted by Crippen LogP contribution is -1.99. The molecule has 278 valence electrons. The highest BCUT2D eigenvalue weighted by Crippen LogP contribution is 2.32. The van der Waals surface area contributed by atoms with E-state index < -0.39 is 0 Å². The normalized spacial score (nSPS) is 11.4. The van der Waals surface area contributed by atoms with Crippen LogP contribution in [0, 0.1) is 13.8 Å². The summed E-state index contributed by atoms with van der Waals surface area (Å²) in [5.74, 6) is 0.849. The standard InChI is InChI=1S/C32H28N2.C10H14.C8H12.C2H6/c1-4-12-24(5-2)28-21-30(25-13-7-6-8-14-25)33-31(22-28)26-16-11-17-29(20-26)34-23(3)19-27-15-9-10-18-32(27)34;1-8(2)10-7-5-4-6-9(10)3;1-4-6-8(3)7-5-2;1-2/h4-11,13-22,24H,1-2,12H2,3H3;4-8H,1-3H3;4-7H,1H2,2-3H3;1-2H3/b;;7-5-,8-6-;. The number of pyridine rings is 1. The predicted octanol–water partition coefficient (Wildman–Crippen LogP) is 15.4. The summed E-state index contributed by atoms with van der Waals surface area (Å²) in [5, 5.41) is 1.25. The molecule has 2 nitrogen and oxygen atoms in total. The van der Waals surface area contributed by atoms with Crippen LogP contribution in [-0.2, 0) is 0 Å². The van der Waals surface area contributed by atoms with Gasteiger partial charge < -0.3 is 4.57 Å². The average molecular weight is 713 g/mol. The van der Waals surface area contributed by atoms with Crippen LogP contribution >= 0.6 is 0 Å². The molecule has 0 saturated carbocycles. The van der Waals surface area contributed by atoms with Crippen LogP contribution in [0.25, 0.3) is 39.1 Å². The van der Waals surface area contributed by atoms with Crippen molar-refractivity contribution >= 4 is 10.9 Å². The molecule has 0 aliphatic carbocycles. The first kappa shape index (κ1) is 42.7. The molecule has 0 fully saturated rings. The molecule has 0 bridgehead atoms. The van der Waals surface area contributed by atoms with Crippen molar-refractivity contribution in [3.05, 3.63) is 205 Å². The van der Waals surface area contributed by atoms with Gasteiger partial charge in [-0.15, -0.1) is 13.2 Å². The van der Waals surface area contributed by atoms with E-state index in [4.69, 9.17) is 4.98 Å². The van der Waals surface area contributed by atoms with Gasteiger partial charge in [0, 0.05) is 33.8 Å². The van der Waals surface area contributed by atoms with Crippen LogP contribution in [0.3, 0.4) is 0 Å². The fraction of sp³-hybridized carbons (Fsp3) is 0.212. The van der Waals surface area contributed by atoms with Gasteiger partial charge in [-0.3, -0.25) is 0 Å². The molecule has 6 rings (SSSR count). The molecule has 0 N–H and O–H groups in total. The van der Waals surface area contributed by atoms with Gasteiger partial charge in [0.1, 0.15) is 0 Å². The molecular formula is C52H60N2. The van der Waals surface area contributed by atoms with Crippen molar-refractivity contribution in [3.63, 3.8) is 0 Å². The maximum Gasteiger partial charge on any atom is 0.0713 e. The van der Waals surface area contributed by atoms with Crippen LogP contribution in [0.15, 0.2) is 183 Å². The molecule has 2 aromatic heterocycles. The minimum absolute atomic E-state index is 0.195. The second-order valence-corrected chi connectivity index (χ2v) is 13.3. The van der Waals surface area contributed by atoms with Gasteiger partial charge in [0.05, 0.1) is 16.9 Å². The highest BCUT2D eigenvalue weighted by molar-refractivity contribution is 5.83. The summed E-state index contributed by atoms with van der Waals surface area (Å²) in [6.45, 7) is 28.4. The van der Waals surface area contributed by atoms with E-state index in [0.717, 1.165) is 34.6 Å². The van der Waals surface area contributed by atoms with Crippen LogP contribution in [0.1, 0.15) is 82.2 Å². The van der Waals surface area contributed by atoms with Gasteiger partial charge in [0.15, 0.2) is 0 Å². The summed E-state index contributed by atoms with van der Waals surface area (Å²) < 4.78 is 2.31. The lowest BCUT2D eigenvalue weighted by molar-refractivity contribution is 0.856. The Bertz CT molecular complexity index is 2140. The lowest BCUT2D eigenvalue weighted by Gasteiger charge is -2.16. The van der Waals surface area contributed by atoms with E-state index in [2.05, 4.69) is 167 Å². The molecule has 54 heavy (non-hydrogen) atoms. The molecule has 2 heterocycles. The van der Waals surface area contributed by atoms with Crippen LogP contribution < -0.4 is 0 Å². The third kappa shape index (κ3) is 11.9. The van der Waals surface area contributed by atoms with Crippen LogP contribution in [0.5, 0.6) is 0 Å². The highest BCUT2D eigenvalue weighted by Gasteiger charge is 2.14. The van der Waals surface area contributed by atoms with Gasteiger partial charge >= 0.3 is 0 Å². The fourth-order valence-corrected chi connectivity index (χ4v) is 6.40. The van der Waals surface area contributed by atoms with Gasteiger partial charge in [0.25, 0.3) is 0 Å². The first-order chi connectivity index (χ1) is 26.2. The Kier molecular flexibility index (Phi) is 17.7. The Balaban J connectivity index is 0.000000322. The summed E-state index contributed by atoms with van der Waals surface area (Å²) in [6.07, 6.45) is 12.6. The Labute approximate surface area is 326 Å². The van der Waals surface area contributed by atoms with Gasteiger partial charge in [-0.2, -0.15) is 0 Å². The zero-order valence-electron chi connectivity index (χ0n) is 33.9. The number of nitrogens with zero attached hydrogens (tertiary/aromatic N) is 2. The number of allylic oxidation sites excluding steroid dienone is 7.